The number of hydrogen-bond acceptors (Lipinski definition) is 7. The Bertz CT molecular complexity index is 1250. The standard InChI is InChI=1S/C31H39N5O4/c1-20(2)39-31(38)35-13-10-22(11-14-35)21(3)40-29-9-8-25(18-34-29)23-6-7-24-16-28(33-19-26(24)15-23)30(37)36-12-4-5-27(36)17-32/h6-9,15,18,20-22,27-28,33H,4-5,10-14,16,19H2,1-3H3/t21-,27+,28+/m1/s1. The van der Waals surface area contributed by atoms with Crippen molar-refractivity contribution in [2.24, 2.45) is 5.92 Å². The van der Waals surface area contributed by atoms with Crippen LogP contribution in [-0.4, -0.2) is 70.7 Å². The largest absolute Gasteiger partial charge is 0.474 e. The van der Waals surface area contributed by atoms with E-state index in [0.717, 1.165) is 36.8 Å². The maximum Gasteiger partial charge on any atom is 0.410 e. The van der Waals surface area contributed by atoms with E-state index in [0.29, 0.717) is 44.4 Å². The van der Waals surface area contributed by atoms with Crippen LogP contribution in [0.25, 0.3) is 11.1 Å². The molecule has 3 aliphatic rings. The van der Waals surface area contributed by atoms with Crippen molar-refractivity contribution < 1.29 is 19.1 Å². The molecule has 0 radical (unpaired) electrons. The van der Waals surface area contributed by atoms with Crippen LogP contribution in [0.3, 0.4) is 0 Å². The molecule has 40 heavy (non-hydrogen) atoms. The van der Waals surface area contributed by atoms with E-state index in [9.17, 15) is 14.9 Å². The fraction of sp³-hybridized carbons (Fsp3) is 0.548. The topological polar surface area (TPSA) is 108 Å². The van der Waals surface area contributed by atoms with Crippen LogP contribution in [0, 0.1) is 17.2 Å². The first-order chi connectivity index (χ1) is 19.3. The van der Waals surface area contributed by atoms with Gasteiger partial charge in [0.1, 0.15) is 12.1 Å². The number of fused-ring (bicyclic) bond motifs is 1. The first kappa shape index (κ1) is 27.9. The van der Waals surface area contributed by atoms with Gasteiger partial charge in [-0.15, -0.1) is 0 Å². The summed E-state index contributed by atoms with van der Waals surface area (Å²) in [4.78, 5) is 33.3. The predicted octanol–water partition coefficient (Wildman–Crippen LogP) is 4.30. The molecule has 212 valence electrons. The summed E-state index contributed by atoms with van der Waals surface area (Å²) in [5.74, 6) is 0.980. The number of ether oxygens (including phenoxy) is 2. The van der Waals surface area contributed by atoms with Crippen LogP contribution in [0.4, 0.5) is 4.79 Å². The molecule has 3 atom stereocenters. The summed E-state index contributed by atoms with van der Waals surface area (Å²) in [6.45, 7) is 8.44. The molecule has 5 rings (SSSR count). The van der Waals surface area contributed by atoms with Crippen molar-refractivity contribution in [2.75, 3.05) is 19.6 Å². The number of nitriles is 1. The summed E-state index contributed by atoms with van der Waals surface area (Å²) in [6, 6.07) is 12.0. The Morgan fingerprint density at radius 2 is 1.82 bits per heavy atom. The van der Waals surface area contributed by atoms with Crippen molar-refractivity contribution in [1.82, 2.24) is 20.1 Å². The van der Waals surface area contributed by atoms with E-state index in [4.69, 9.17) is 9.47 Å². The molecule has 3 aliphatic heterocycles. The molecule has 1 aromatic carbocycles. The Labute approximate surface area is 236 Å². The summed E-state index contributed by atoms with van der Waals surface area (Å²) >= 11 is 0. The maximum absolute atomic E-state index is 13.0. The van der Waals surface area contributed by atoms with Crippen molar-refractivity contribution >= 4 is 12.0 Å². The van der Waals surface area contributed by atoms with E-state index in [2.05, 4.69) is 41.5 Å². The van der Waals surface area contributed by atoms with Crippen molar-refractivity contribution in [2.45, 2.75) is 83.7 Å². The number of pyridine rings is 1. The molecular formula is C31H39N5O4. The monoisotopic (exact) mass is 545 g/mol. The number of aromatic nitrogens is 1. The Kier molecular flexibility index (Phi) is 8.55. The Morgan fingerprint density at radius 3 is 2.52 bits per heavy atom. The smallest absolute Gasteiger partial charge is 0.410 e. The molecule has 2 fully saturated rings. The maximum atomic E-state index is 13.0. The zero-order chi connectivity index (χ0) is 28.2. The number of nitrogens with zero attached hydrogens (tertiary/aromatic N) is 4. The van der Waals surface area contributed by atoms with E-state index in [1.165, 1.54) is 11.1 Å². The molecular weight excluding hydrogens is 506 g/mol. The molecule has 0 unspecified atom stereocenters. The van der Waals surface area contributed by atoms with E-state index in [1.54, 1.807) is 9.80 Å². The number of carbonyl (C=O) groups excluding carboxylic acids is 2. The third-order valence-corrected chi connectivity index (χ3v) is 8.33. The summed E-state index contributed by atoms with van der Waals surface area (Å²) in [6.07, 6.45) is 5.53. The second-order valence-electron chi connectivity index (χ2n) is 11.4. The van der Waals surface area contributed by atoms with Crippen LogP contribution in [-0.2, 0) is 22.5 Å². The highest BCUT2D eigenvalue weighted by molar-refractivity contribution is 5.83. The van der Waals surface area contributed by atoms with Gasteiger partial charge in [0, 0.05) is 44.0 Å². The van der Waals surface area contributed by atoms with Gasteiger partial charge in [-0.2, -0.15) is 5.26 Å². The lowest BCUT2D eigenvalue weighted by atomic mass is 9.92. The third-order valence-electron chi connectivity index (χ3n) is 8.33. The first-order valence-electron chi connectivity index (χ1n) is 14.5. The molecule has 4 heterocycles. The van der Waals surface area contributed by atoms with Crippen LogP contribution < -0.4 is 10.1 Å². The van der Waals surface area contributed by atoms with Gasteiger partial charge in [-0.25, -0.2) is 9.78 Å². The zero-order valence-corrected chi connectivity index (χ0v) is 23.6. The summed E-state index contributed by atoms with van der Waals surface area (Å²) < 4.78 is 11.5. The van der Waals surface area contributed by atoms with Crippen molar-refractivity contribution in [3.05, 3.63) is 47.7 Å². The quantitative estimate of drug-likeness (QED) is 0.577. The summed E-state index contributed by atoms with van der Waals surface area (Å²) in [5.41, 5.74) is 4.42. The van der Waals surface area contributed by atoms with Gasteiger partial charge in [0.05, 0.1) is 18.2 Å². The molecule has 1 aromatic heterocycles. The molecule has 0 spiro atoms. The highest BCUT2D eigenvalue weighted by Gasteiger charge is 2.34. The fourth-order valence-corrected chi connectivity index (χ4v) is 5.97. The lowest BCUT2D eigenvalue weighted by molar-refractivity contribution is -0.133. The van der Waals surface area contributed by atoms with Gasteiger partial charge in [0.25, 0.3) is 0 Å². The number of rotatable bonds is 6. The molecule has 1 N–H and O–H groups in total. The number of hydrogen-bond donors (Lipinski definition) is 1. The van der Waals surface area contributed by atoms with Gasteiger partial charge in [-0.3, -0.25) is 4.79 Å². The van der Waals surface area contributed by atoms with Gasteiger partial charge in [0.15, 0.2) is 0 Å². The second kappa shape index (κ2) is 12.3. The number of piperidine rings is 1. The van der Waals surface area contributed by atoms with Crippen LogP contribution in [0.15, 0.2) is 36.5 Å². The van der Waals surface area contributed by atoms with E-state index < -0.39 is 0 Å². The molecule has 9 heteroatoms. The van der Waals surface area contributed by atoms with Crippen LogP contribution in [0.5, 0.6) is 5.88 Å². The highest BCUT2D eigenvalue weighted by atomic mass is 16.6. The van der Waals surface area contributed by atoms with Gasteiger partial charge < -0.3 is 24.6 Å². The molecule has 9 nitrogen and oxygen atoms in total. The van der Waals surface area contributed by atoms with E-state index in [-0.39, 0.29) is 36.3 Å². The number of carbonyl (C=O) groups is 2. The fourth-order valence-electron chi connectivity index (χ4n) is 5.97. The molecule has 2 amide bonds. The van der Waals surface area contributed by atoms with Gasteiger partial charge in [-0.1, -0.05) is 12.1 Å². The Morgan fingerprint density at radius 1 is 1.05 bits per heavy atom. The second-order valence-corrected chi connectivity index (χ2v) is 11.4. The highest BCUT2D eigenvalue weighted by Crippen LogP contribution is 2.29. The van der Waals surface area contributed by atoms with Gasteiger partial charge in [-0.05, 0) is 87.6 Å². The minimum absolute atomic E-state index is 0.00362. The van der Waals surface area contributed by atoms with Crippen LogP contribution >= 0.6 is 0 Å². The molecule has 0 aliphatic carbocycles. The molecule has 0 saturated carbocycles. The third kappa shape index (κ3) is 6.23. The summed E-state index contributed by atoms with van der Waals surface area (Å²) in [7, 11) is 0. The molecule has 2 aromatic rings. The average Bonchev–Trinajstić information content (AvgIpc) is 3.45. The minimum atomic E-state index is -0.297. The molecule has 2 saturated heterocycles. The normalized spacial score (nSPS) is 22.0. The zero-order valence-electron chi connectivity index (χ0n) is 23.6. The Balaban J connectivity index is 1.15. The van der Waals surface area contributed by atoms with Gasteiger partial charge in [0.2, 0.25) is 11.8 Å². The van der Waals surface area contributed by atoms with E-state index >= 15 is 0 Å². The number of benzene rings is 1. The van der Waals surface area contributed by atoms with E-state index in [1.807, 2.05) is 32.2 Å². The number of nitrogens with one attached hydrogen (secondary N) is 1. The number of amides is 2. The van der Waals surface area contributed by atoms with Crippen molar-refractivity contribution in [1.29, 1.82) is 5.26 Å². The van der Waals surface area contributed by atoms with Gasteiger partial charge >= 0.3 is 6.09 Å². The average molecular weight is 546 g/mol. The lowest BCUT2D eigenvalue weighted by Crippen LogP contribution is -2.50. The SMILES string of the molecule is CC(C)OC(=O)N1CCC([C@@H](C)Oc2ccc(-c3ccc4c(c3)CN[C@H](C(=O)N3CCC[C@H]3C#N)C4)cn2)CC1. The number of likely N-dealkylation sites (tertiary alicyclic amines) is 2. The predicted molar refractivity (Wildman–Crippen MR) is 150 cm³/mol. The van der Waals surface area contributed by atoms with Crippen molar-refractivity contribution in [3.63, 3.8) is 0 Å². The van der Waals surface area contributed by atoms with Crippen LogP contribution in [0.1, 0.15) is 57.6 Å². The first-order valence-corrected chi connectivity index (χ1v) is 14.5. The van der Waals surface area contributed by atoms with Crippen LogP contribution in [0.2, 0.25) is 0 Å². The lowest BCUT2D eigenvalue weighted by Gasteiger charge is -2.34. The minimum Gasteiger partial charge on any atom is -0.474 e. The summed E-state index contributed by atoms with van der Waals surface area (Å²) in [5, 5.41) is 12.7. The molecule has 0 bridgehead atoms. The Hall–Kier alpha value is -3.64. The van der Waals surface area contributed by atoms with Crippen molar-refractivity contribution in [3.8, 4) is 23.1 Å².